The molecule has 2 unspecified atom stereocenters. The van der Waals surface area contributed by atoms with Crippen LogP contribution in [0, 0.1) is 19.8 Å². The Morgan fingerprint density at radius 3 is 2.89 bits per heavy atom. The van der Waals surface area contributed by atoms with Gasteiger partial charge in [-0.15, -0.1) is 22.9 Å². The summed E-state index contributed by atoms with van der Waals surface area (Å²) in [6.45, 7) is 4.86. The molecule has 1 fully saturated rings. The number of nitrogens with one attached hydrogen (secondary N) is 1. The van der Waals surface area contributed by atoms with Gasteiger partial charge in [-0.2, -0.15) is 0 Å². The topological polar surface area (TPSA) is 29.1 Å². The van der Waals surface area contributed by atoms with Crippen LogP contribution in [0.1, 0.15) is 45.8 Å². The molecule has 1 N–H and O–H groups in total. The molecule has 18 heavy (non-hydrogen) atoms. The summed E-state index contributed by atoms with van der Waals surface area (Å²) >= 11 is 7.73. The molecule has 1 aliphatic rings. The Kier molecular flexibility index (Phi) is 4.68. The van der Waals surface area contributed by atoms with Gasteiger partial charge in [0.05, 0.1) is 4.88 Å². The smallest absolute Gasteiger partial charge is 0.261 e. The lowest BCUT2D eigenvalue weighted by molar-refractivity contribution is 0.0947. The number of halogens is 1. The Hall–Kier alpha value is -0.540. The van der Waals surface area contributed by atoms with Crippen LogP contribution in [0.25, 0.3) is 0 Å². The van der Waals surface area contributed by atoms with Gasteiger partial charge < -0.3 is 5.32 Å². The Morgan fingerprint density at radius 1 is 1.50 bits per heavy atom. The van der Waals surface area contributed by atoms with E-state index in [0.717, 1.165) is 24.3 Å². The highest BCUT2D eigenvalue weighted by Crippen LogP contribution is 2.27. The van der Waals surface area contributed by atoms with Crippen LogP contribution in [0.2, 0.25) is 0 Å². The number of hydrogen-bond acceptors (Lipinski definition) is 2. The van der Waals surface area contributed by atoms with Crippen molar-refractivity contribution >= 4 is 28.8 Å². The molecule has 0 saturated heterocycles. The second kappa shape index (κ2) is 6.07. The van der Waals surface area contributed by atoms with Gasteiger partial charge >= 0.3 is 0 Å². The lowest BCUT2D eigenvalue weighted by Crippen LogP contribution is -2.31. The molecular formula is C14H20ClNOS. The number of aryl methyl sites for hydroxylation is 2. The predicted octanol–water partition coefficient (Wildman–Crippen LogP) is 3.89. The number of carbonyl (C=O) groups excluding carboxylic acids is 1. The maximum Gasteiger partial charge on any atom is 0.261 e. The molecule has 0 spiro atoms. The summed E-state index contributed by atoms with van der Waals surface area (Å²) in [6, 6.07) is 1.97. The third kappa shape index (κ3) is 3.48. The van der Waals surface area contributed by atoms with Crippen LogP contribution in [0.4, 0.5) is 0 Å². The zero-order chi connectivity index (χ0) is 13.1. The molecule has 2 nitrogen and oxygen atoms in total. The molecule has 0 bridgehead atoms. The minimum Gasteiger partial charge on any atom is -0.351 e. The SMILES string of the molecule is Cc1cc(C(=O)NCC2CCCC(Cl)C2)sc1C. The van der Waals surface area contributed by atoms with E-state index in [1.54, 1.807) is 11.3 Å². The molecule has 2 rings (SSSR count). The number of alkyl halides is 1. The lowest BCUT2D eigenvalue weighted by Gasteiger charge is -2.25. The van der Waals surface area contributed by atoms with Gasteiger partial charge in [0.2, 0.25) is 0 Å². The average molecular weight is 286 g/mol. The molecule has 1 saturated carbocycles. The molecule has 0 aromatic carbocycles. The van der Waals surface area contributed by atoms with Gasteiger partial charge in [-0.05, 0) is 50.7 Å². The van der Waals surface area contributed by atoms with E-state index in [1.165, 1.54) is 23.3 Å². The molecule has 100 valence electrons. The van der Waals surface area contributed by atoms with E-state index in [4.69, 9.17) is 11.6 Å². The van der Waals surface area contributed by atoms with Crippen molar-refractivity contribution in [3.63, 3.8) is 0 Å². The summed E-state index contributed by atoms with van der Waals surface area (Å²) < 4.78 is 0. The fourth-order valence-corrected chi connectivity index (χ4v) is 3.78. The molecular weight excluding hydrogens is 266 g/mol. The zero-order valence-electron chi connectivity index (χ0n) is 11.0. The van der Waals surface area contributed by atoms with Crippen LogP contribution in [0.15, 0.2) is 6.07 Å². The maximum atomic E-state index is 12.0. The van der Waals surface area contributed by atoms with Crippen LogP contribution in [-0.2, 0) is 0 Å². The first-order chi connectivity index (χ1) is 8.56. The van der Waals surface area contributed by atoms with Crippen molar-refractivity contribution in [2.75, 3.05) is 6.54 Å². The van der Waals surface area contributed by atoms with Crippen LogP contribution >= 0.6 is 22.9 Å². The number of thiophene rings is 1. The first-order valence-corrected chi connectivity index (χ1v) is 7.81. The van der Waals surface area contributed by atoms with E-state index in [2.05, 4.69) is 12.2 Å². The fourth-order valence-electron chi connectivity index (χ4n) is 2.42. The summed E-state index contributed by atoms with van der Waals surface area (Å²) in [5, 5.41) is 3.34. The third-order valence-electron chi connectivity index (χ3n) is 3.66. The van der Waals surface area contributed by atoms with Crippen molar-refractivity contribution in [3.8, 4) is 0 Å². The molecule has 0 radical (unpaired) electrons. The minimum atomic E-state index is 0.0629. The highest BCUT2D eigenvalue weighted by atomic mass is 35.5. The lowest BCUT2D eigenvalue weighted by atomic mass is 9.89. The highest BCUT2D eigenvalue weighted by molar-refractivity contribution is 7.14. The fraction of sp³-hybridized carbons (Fsp3) is 0.643. The Balaban J connectivity index is 1.84. The van der Waals surface area contributed by atoms with Gasteiger partial charge in [-0.3, -0.25) is 4.79 Å². The van der Waals surface area contributed by atoms with E-state index in [1.807, 2.05) is 13.0 Å². The molecule has 0 aliphatic heterocycles. The quantitative estimate of drug-likeness (QED) is 0.839. The molecule has 1 aromatic rings. The second-order valence-corrected chi connectivity index (χ2v) is 7.06. The standard InChI is InChI=1S/C14H20ClNOS/c1-9-6-13(18-10(9)2)14(17)16-8-11-4-3-5-12(15)7-11/h6,11-12H,3-5,7-8H2,1-2H3,(H,16,17). The van der Waals surface area contributed by atoms with E-state index < -0.39 is 0 Å². The molecule has 2 atom stereocenters. The number of rotatable bonds is 3. The van der Waals surface area contributed by atoms with E-state index in [0.29, 0.717) is 11.3 Å². The van der Waals surface area contributed by atoms with Gasteiger partial charge in [0.15, 0.2) is 0 Å². The van der Waals surface area contributed by atoms with Crippen LogP contribution in [-0.4, -0.2) is 17.8 Å². The monoisotopic (exact) mass is 285 g/mol. The highest BCUT2D eigenvalue weighted by Gasteiger charge is 2.21. The van der Waals surface area contributed by atoms with Crippen molar-refractivity contribution in [2.24, 2.45) is 5.92 Å². The molecule has 1 heterocycles. The first kappa shape index (κ1) is 13.9. The number of amides is 1. The molecule has 1 amide bonds. The predicted molar refractivity (Wildman–Crippen MR) is 77.7 cm³/mol. The van der Waals surface area contributed by atoms with Crippen molar-refractivity contribution in [1.82, 2.24) is 5.32 Å². The van der Waals surface area contributed by atoms with Gasteiger partial charge in [0.25, 0.3) is 5.91 Å². The normalized spacial score (nSPS) is 23.9. The van der Waals surface area contributed by atoms with Crippen molar-refractivity contribution < 1.29 is 4.79 Å². The number of carbonyl (C=O) groups is 1. The van der Waals surface area contributed by atoms with Gasteiger partial charge in [0.1, 0.15) is 0 Å². The summed E-state index contributed by atoms with van der Waals surface area (Å²) in [5.74, 6) is 0.611. The van der Waals surface area contributed by atoms with Crippen molar-refractivity contribution in [3.05, 3.63) is 21.4 Å². The summed E-state index contributed by atoms with van der Waals surface area (Å²) in [5.41, 5.74) is 1.20. The van der Waals surface area contributed by atoms with Gasteiger partial charge in [-0.25, -0.2) is 0 Å². The average Bonchev–Trinajstić information content (AvgIpc) is 2.67. The summed E-state index contributed by atoms with van der Waals surface area (Å²) in [4.78, 5) is 14.0. The Morgan fingerprint density at radius 2 is 2.28 bits per heavy atom. The minimum absolute atomic E-state index is 0.0629. The van der Waals surface area contributed by atoms with Gasteiger partial charge in [-0.1, -0.05) is 6.42 Å². The van der Waals surface area contributed by atoms with Gasteiger partial charge in [0, 0.05) is 16.8 Å². The number of hydrogen-bond donors (Lipinski definition) is 1. The van der Waals surface area contributed by atoms with Crippen molar-refractivity contribution in [1.29, 1.82) is 0 Å². The largest absolute Gasteiger partial charge is 0.351 e. The van der Waals surface area contributed by atoms with Crippen LogP contribution < -0.4 is 5.32 Å². The summed E-state index contributed by atoms with van der Waals surface area (Å²) in [6.07, 6.45) is 4.53. The second-order valence-electron chi connectivity index (χ2n) is 5.19. The maximum absolute atomic E-state index is 12.0. The third-order valence-corrected chi connectivity index (χ3v) is 5.21. The van der Waals surface area contributed by atoms with E-state index >= 15 is 0 Å². The van der Waals surface area contributed by atoms with Crippen LogP contribution in [0.5, 0.6) is 0 Å². The molecule has 4 heteroatoms. The Bertz CT molecular complexity index is 410. The first-order valence-electron chi connectivity index (χ1n) is 6.55. The zero-order valence-corrected chi connectivity index (χ0v) is 12.5. The summed E-state index contributed by atoms with van der Waals surface area (Å²) in [7, 11) is 0. The van der Waals surface area contributed by atoms with Crippen LogP contribution in [0.3, 0.4) is 0 Å². The molecule has 1 aromatic heterocycles. The van der Waals surface area contributed by atoms with E-state index in [9.17, 15) is 4.79 Å². The molecule has 1 aliphatic carbocycles. The van der Waals surface area contributed by atoms with Crippen molar-refractivity contribution in [2.45, 2.75) is 44.9 Å². The Labute approximate surface area is 118 Å². The van der Waals surface area contributed by atoms with E-state index in [-0.39, 0.29) is 5.91 Å².